The van der Waals surface area contributed by atoms with E-state index in [1.54, 1.807) is 6.07 Å². The van der Waals surface area contributed by atoms with Gasteiger partial charge in [-0.2, -0.15) is 0 Å². The minimum absolute atomic E-state index is 0.0264. The molecular weight excluding hydrogens is 306 g/mol. The van der Waals surface area contributed by atoms with E-state index >= 15 is 0 Å². The van der Waals surface area contributed by atoms with Gasteiger partial charge >= 0.3 is 0 Å². The highest BCUT2D eigenvalue weighted by Gasteiger charge is 2.15. The number of amides is 1. The normalized spacial score (nSPS) is 12.3. The first-order chi connectivity index (χ1) is 10.9. The second-order valence-electron chi connectivity index (χ2n) is 6.51. The fraction of sp³-hybridized carbons (Fsp3) is 0.350. The molecule has 2 aromatic rings. The highest BCUT2D eigenvalue weighted by Crippen LogP contribution is 2.23. The highest BCUT2D eigenvalue weighted by molar-refractivity contribution is 6.31. The molecule has 2 aromatic carbocycles. The van der Waals surface area contributed by atoms with Crippen LogP contribution in [0.5, 0.6) is 0 Å². The van der Waals surface area contributed by atoms with Crippen molar-refractivity contribution < 1.29 is 4.79 Å². The summed E-state index contributed by atoms with van der Waals surface area (Å²) >= 11 is 6.10. The number of carbonyl (C=O) groups excluding carboxylic acids is 1. The minimum Gasteiger partial charge on any atom is -0.326 e. The quantitative estimate of drug-likeness (QED) is 0.761. The zero-order valence-electron chi connectivity index (χ0n) is 14.2. The van der Waals surface area contributed by atoms with E-state index in [9.17, 15) is 4.79 Å². The molecule has 0 saturated carbocycles. The summed E-state index contributed by atoms with van der Waals surface area (Å²) in [6, 6.07) is 13.9. The van der Waals surface area contributed by atoms with E-state index in [0.29, 0.717) is 10.9 Å². The van der Waals surface area contributed by atoms with Gasteiger partial charge < -0.3 is 5.32 Å². The third kappa shape index (κ3) is 4.84. The molecule has 0 saturated heterocycles. The van der Waals surface area contributed by atoms with Gasteiger partial charge in [-0.1, -0.05) is 55.8 Å². The number of anilines is 1. The third-order valence-electron chi connectivity index (χ3n) is 3.96. The van der Waals surface area contributed by atoms with Crippen molar-refractivity contribution in [3.63, 3.8) is 0 Å². The Hall–Kier alpha value is -1.80. The van der Waals surface area contributed by atoms with Crippen LogP contribution in [0.2, 0.25) is 5.02 Å². The van der Waals surface area contributed by atoms with E-state index in [2.05, 4.69) is 31.3 Å². The molecule has 0 aliphatic rings. The summed E-state index contributed by atoms with van der Waals surface area (Å²) in [7, 11) is 0. The van der Waals surface area contributed by atoms with E-state index in [0.717, 1.165) is 23.2 Å². The lowest BCUT2D eigenvalue weighted by Gasteiger charge is -2.14. The van der Waals surface area contributed by atoms with Crippen LogP contribution >= 0.6 is 11.6 Å². The molecule has 3 heteroatoms. The van der Waals surface area contributed by atoms with Crippen LogP contribution in [0.15, 0.2) is 42.5 Å². The molecule has 0 bridgehead atoms. The number of benzene rings is 2. The van der Waals surface area contributed by atoms with Crippen molar-refractivity contribution in [2.24, 2.45) is 5.92 Å². The number of carbonyl (C=O) groups is 1. The molecule has 2 nitrogen and oxygen atoms in total. The van der Waals surface area contributed by atoms with Gasteiger partial charge in [0.25, 0.3) is 0 Å². The lowest BCUT2D eigenvalue weighted by molar-refractivity contribution is -0.117. The monoisotopic (exact) mass is 329 g/mol. The van der Waals surface area contributed by atoms with Crippen molar-refractivity contribution in [3.8, 4) is 0 Å². The SMILES string of the molecule is Cc1ccc(NC(=O)[C@@H](C)c2ccc(CC(C)C)cc2)cc1Cl. The van der Waals surface area contributed by atoms with Crippen LogP contribution in [0.4, 0.5) is 5.69 Å². The Kier molecular flexibility index (Phi) is 5.84. The summed E-state index contributed by atoms with van der Waals surface area (Å²) < 4.78 is 0. The number of aryl methyl sites for hydroxylation is 1. The molecule has 0 aliphatic heterocycles. The molecule has 2 rings (SSSR count). The minimum atomic E-state index is -0.205. The van der Waals surface area contributed by atoms with Crippen LogP contribution in [-0.4, -0.2) is 5.91 Å². The molecule has 0 fully saturated rings. The van der Waals surface area contributed by atoms with Crippen molar-refractivity contribution in [2.45, 2.75) is 40.0 Å². The number of rotatable bonds is 5. The maximum absolute atomic E-state index is 12.4. The van der Waals surface area contributed by atoms with Crippen molar-refractivity contribution in [3.05, 3.63) is 64.2 Å². The molecule has 0 spiro atoms. The molecule has 0 aromatic heterocycles. The van der Waals surface area contributed by atoms with E-state index in [-0.39, 0.29) is 11.8 Å². The maximum Gasteiger partial charge on any atom is 0.231 e. The molecule has 0 aliphatic carbocycles. The van der Waals surface area contributed by atoms with Crippen molar-refractivity contribution in [1.29, 1.82) is 0 Å². The maximum atomic E-state index is 12.4. The first kappa shape index (κ1) is 17.6. The highest BCUT2D eigenvalue weighted by atomic mass is 35.5. The first-order valence-corrected chi connectivity index (χ1v) is 8.40. The third-order valence-corrected chi connectivity index (χ3v) is 4.36. The number of hydrogen-bond acceptors (Lipinski definition) is 1. The molecule has 0 radical (unpaired) electrons. The smallest absolute Gasteiger partial charge is 0.231 e. The van der Waals surface area contributed by atoms with Crippen LogP contribution in [0.25, 0.3) is 0 Å². The number of hydrogen-bond donors (Lipinski definition) is 1. The Morgan fingerprint density at radius 3 is 2.30 bits per heavy atom. The summed E-state index contributed by atoms with van der Waals surface area (Å²) in [6.45, 7) is 8.27. The Labute approximate surface area is 143 Å². The topological polar surface area (TPSA) is 29.1 Å². The molecular formula is C20H24ClNO. The fourth-order valence-electron chi connectivity index (χ4n) is 2.49. The van der Waals surface area contributed by atoms with Gasteiger partial charge in [0.1, 0.15) is 0 Å². The molecule has 1 amide bonds. The Bertz CT molecular complexity index is 677. The van der Waals surface area contributed by atoms with E-state index < -0.39 is 0 Å². The molecule has 122 valence electrons. The Morgan fingerprint density at radius 1 is 1.09 bits per heavy atom. The van der Waals surface area contributed by atoms with Crippen molar-refractivity contribution >= 4 is 23.2 Å². The summed E-state index contributed by atoms with van der Waals surface area (Å²) in [5.41, 5.74) is 4.06. The van der Waals surface area contributed by atoms with Crippen molar-refractivity contribution in [1.82, 2.24) is 0 Å². The van der Waals surface area contributed by atoms with Gasteiger partial charge in [-0.05, 0) is 55.0 Å². The second kappa shape index (κ2) is 7.65. The van der Waals surface area contributed by atoms with E-state index in [1.807, 2.05) is 38.1 Å². The lowest BCUT2D eigenvalue weighted by Crippen LogP contribution is -2.18. The zero-order valence-corrected chi connectivity index (χ0v) is 14.9. The molecule has 1 N–H and O–H groups in total. The van der Waals surface area contributed by atoms with Crippen LogP contribution < -0.4 is 5.32 Å². The largest absolute Gasteiger partial charge is 0.326 e. The average molecular weight is 330 g/mol. The Balaban J connectivity index is 2.05. The van der Waals surface area contributed by atoms with Crippen molar-refractivity contribution in [2.75, 3.05) is 5.32 Å². The fourth-order valence-corrected chi connectivity index (χ4v) is 2.67. The summed E-state index contributed by atoms with van der Waals surface area (Å²) in [5.74, 6) is 0.401. The predicted molar refractivity (Wildman–Crippen MR) is 98.2 cm³/mol. The number of nitrogens with one attached hydrogen (secondary N) is 1. The summed E-state index contributed by atoms with van der Waals surface area (Å²) in [6.07, 6.45) is 1.06. The average Bonchev–Trinajstić information content (AvgIpc) is 2.50. The van der Waals surface area contributed by atoms with Crippen LogP contribution in [0.3, 0.4) is 0 Å². The number of halogens is 1. The first-order valence-electron chi connectivity index (χ1n) is 8.02. The predicted octanol–water partition coefficient (Wildman–Crippen LogP) is 5.59. The van der Waals surface area contributed by atoms with Gasteiger partial charge in [-0.25, -0.2) is 0 Å². The molecule has 1 atom stereocenters. The van der Waals surface area contributed by atoms with Gasteiger partial charge in [0.2, 0.25) is 5.91 Å². The summed E-state index contributed by atoms with van der Waals surface area (Å²) in [4.78, 5) is 12.4. The zero-order chi connectivity index (χ0) is 17.0. The van der Waals surface area contributed by atoms with E-state index in [1.165, 1.54) is 5.56 Å². The van der Waals surface area contributed by atoms with Crippen LogP contribution in [0.1, 0.15) is 43.4 Å². The lowest BCUT2D eigenvalue weighted by atomic mass is 9.96. The standard InChI is InChI=1S/C20H24ClNO/c1-13(2)11-16-6-8-17(9-7-16)15(4)20(23)22-18-10-5-14(3)19(21)12-18/h5-10,12-13,15H,11H2,1-4H3,(H,22,23)/t15-/m0/s1. The van der Waals surface area contributed by atoms with Crippen LogP contribution in [0, 0.1) is 12.8 Å². The van der Waals surface area contributed by atoms with E-state index in [4.69, 9.17) is 11.6 Å². The van der Waals surface area contributed by atoms with Gasteiger partial charge in [0.15, 0.2) is 0 Å². The summed E-state index contributed by atoms with van der Waals surface area (Å²) in [5, 5.41) is 3.59. The van der Waals surface area contributed by atoms with Gasteiger partial charge in [-0.3, -0.25) is 4.79 Å². The molecule has 0 heterocycles. The molecule has 0 unspecified atom stereocenters. The van der Waals surface area contributed by atoms with Gasteiger partial charge in [0, 0.05) is 10.7 Å². The van der Waals surface area contributed by atoms with Gasteiger partial charge in [-0.15, -0.1) is 0 Å². The Morgan fingerprint density at radius 2 is 1.74 bits per heavy atom. The second-order valence-corrected chi connectivity index (χ2v) is 6.92. The molecule has 23 heavy (non-hydrogen) atoms. The van der Waals surface area contributed by atoms with Gasteiger partial charge in [0.05, 0.1) is 5.92 Å². The van der Waals surface area contributed by atoms with Crippen LogP contribution in [-0.2, 0) is 11.2 Å².